The molecule has 0 bridgehead atoms. The van der Waals surface area contributed by atoms with Crippen molar-refractivity contribution in [3.63, 3.8) is 0 Å². The number of hydrogen-bond acceptors (Lipinski definition) is 3. The van der Waals surface area contributed by atoms with Crippen LogP contribution in [0.3, 0.4) is 0 Å². The average molecular weight is 370 g/mol. The van der Waals surface area contributed by atoms with E-state index in [9.17, 15) is 18.0 Å². The van der Waals surface area contributed by atoms with Gasteiger partial charge in [0.05, 0.1) is 11.3 Å². The van der Waals surface area contributed by atoms with Crippen molar-refractivity contribution in [3.8, 4) is 0 Å². The number of carbonyl (C=O) groups is 1. The quantitative estimate of drug-likeness (QED) is 0.850. The SMILES string of the molecule is O=C(c1ccnc(Nc2ccc(Cl)cc2C(F)(F)F)c1)N1CCCC1. The molecule has 1 amide bonds. The molecule has 1 aliphatic heterocycles. The van der Waals surface area contributed by atoms with Gasteiger partial charge in [0.15, 0.2) is 0 Å². The minimum Gasteiger partial charge on any atom is -0.340 e. The fraction of sp³-hybridized carbons (Fsp3) is 0.294. The van der Waals surface area contributed by atoms with E-state index in [4.69, 9.17) is 11.6 Å². The van der Waals surface area contributed by atoms with E-state index in [-0.39, 0.29) is 22.4 Å². The summed E-state index contributed by atoms with van der Waals surface area (Å²) in [5.41, 5.74) is -0.671. The van der Waals surface area contributed by atoms with Crippen LogP contribution in [0.1, 0.15) is 28.8 Å². The highest BCUT2D eigenvalue weighted by molar-refractivity contribution is 6.30. The van der Waals surface area contributed by atoms with Gasteiger partial charge in [0.2, 0.25) is 0 Å². The van der Waals surface area contributed by atoms with E-state index >= 15 is 0 Å². The van der Waals surface area contributed by atoms with Crippen LogP contribution in [-0.4, -0.2) is 28.9 Å². The van der Waals surface area contributed by atoms with Gasteiger partial charge in [0.1, 0.15) is 5.82 Å². The highest BCUT2D eigenvalue weighted by Gasteiger charge is 2.34. The van der Waals surface area contributed by atoms with Crippen LogP contribution in [0.5, 0.6) is 0 Å². The third kappa shape index (κ3) is 4.04. The maximum absolute atomic E-state index is 13.2. The molecule has 0 radical (unpaired) electrons. The smallest absolute Gasteiger partial charge is 0.340 e. The van der Waals surface area contributed by atoms with Gasteiger partial charge >= 0.3 is 6.18 Å². The lowest BCUT2D eigenvalue weighted by atomic mass is 10.1. The lowest BCUT2D eigenvalue weighted by molar-refractivity contribution is -0.136. The Morgan fingerprint density at radius 1 is 1.16 bits per heavy atom. The van der Waals surface area contributed by atoms with Gasteiger partial charge in [-0.2, -0.15) is 13.2 Å². The summed E-state index contributed by atoms with van der Waals surface area (Å²) in [4.78, 5) is 18.1. The highest BCUT2D eigenvalue weighted by Crippen LogP contribution is 2.37. The second-order valence-corrected chi connectivity index (χ2v) is 6.18. The molecule has 0 atom stereocenters. The minimum absolute atomic E-state index is 0.0104. The summed E-state index contributed by atoms with van der Waals surface area (Å²) < 4.78 is 39.5. The van der Waals surface area contributed by atoms with Crippen molar-refractivity contribution in [2.75, 3.05) is 18.4 Å². The minimum atomic E-state index is -4.56. The first-order valence-electron chi connectivity index (χ1n) is 7.74. The van der Waals surface area contributed by atoms with Crippen LogP contribution in [-0.2, 0) is 6.18 Å². The molecule has 0 aliphatic carbocycles. The molecule has 2 aromatic rings. The van der Waals surface area contributed by atoms with E-state index in [1.807, 2.05) is 0 Å². The number of alkyl halides is 3. The number of likely N-dealkylation sites (tertiary alicyclic amines) is 1. The second kappa shape index (κ2) is 6.92. The summed E-state index contributed by atoms with van der Waals surface area (Å²) in [6.07, 6.45) is -1.24. The Bertz CT molecular complexity index is 789. The molecule has 4 nitrogen and oxygen atoms in total. The summed E-state index contributed by atoms with van der Waals surface area (Å²) in [6, 6.07) is 6.46. The summed E-state index contributed by atoms with van der Waals surface area (Å²) in [6.45, 7) is 1.39. The zero-order valence-corrected chi connectivity index (χ0v) is 13.9. The number of rotatable bonds is 3. The first-order valence-corrected chi connectivity index (χ1v) is 8.11. The molecule has 25 heavy (non-hydrogen) atoms. The van der Waals surface area contributed by atoms with Gasteiger partial charge in [-0.3, -0.25) is 4.79 Å². The number of anilines is 2. The van der Waals surface area contributed by atoms with Crippen molar-refractivity contribution < 1.29 is 18.0 Å². The molecule has 1 saturated heterocycles. The molecule has 132 valence electrons. The standard InChI is InChI=1S/C17H15ClF3N3O/c18-12-3-4-14(13(10-12)17(19,20)21)23-15-9-11(5-6-22-15)16(25)24-7-1-2-8-24/h3-6,9-10H,1-2,7-8H2,(H,22,23). The van der Waals surface area contributed by atoms with Gasteiger partial charge in [-0.1, -0.05) is 11.6 Å². The molecule has 0 unspecified atom stereocenters. The zero-order valence-electron chi connectivity index (χ0n) is 13.1. The second-order valence-electron chi connectivity index (χ2n) is 5.74. The Balaban J connectivity index is 1.87. The first-order chi connectivity index (χ1) is 11.8. The third-order valence-corrected chi connectivity index (χ3v) is 4.19. The molecule has 1 aromatic heterocycles. The van der Waals surface area contributed by atoms with Gasteiger partial charge < -0.3 is 10.2 Å². The van der Waals surface area contributed by atoms with Crippen molar-refractivity contribution >= 4 is 29.0 Å². The fourth-order valence-electron chi connectivity index (χ4n) is 2.73. The van der Waals surface area contributed by atoms with Crippen LogP contribution in [0.15, 0.2) is 36.5 Å². The number of amides is 1. The van der Waals surface area contributed by atoms with Gasteiger partial charge in [-0.25, -0.2) is 4.98 Å². The number of benzene rings is 1. The number of nitrogens with zero attached hydrogens (tertiary/aromatic N) is 2. The Kier molecular flexibility index (Phi) is 4.85. The van der Waals surface area contributed by atoms with Crippen molar-refractivity contribution in [3.05, 3.63) is 52.7 Å². The van der Waals surface area contributed by atoms with E-state index in [1.165, 1.54) is 24.4 Å². The molecule has 8 heteroatoms. The van der Waals surface area contributed by atoms with Crippen LogP contribution in [0.25, 0.3) is 0 Å². The van der Waals surface area contributed by atoms with Gasteiger partial charge in [-0.15, -0.1) is 0 Å². The third-order valence-electron chi connectivity index (χ3n) is 3.95. The fourth-order valence-corrected chi connectivity index (χ4v) is 2.90. The number of hydrogen-bond donors (Lipinski definition) is 1. The maximum Gasteiger partial charge on any atom is 0.418 e. The number of halogens is 4. The van der Waals surface area contributed by atoms with Crippen LogP contribution < -0.4 is 5.32 Å². The molecular weight excluding hydrogens is 355 g/mol. The molecule has 1 aliphatic rings. The number of aromatic nitrogens is 1. The Hall–Kier alpha value is -2.28. The van der Waals surface area contributed by atoms with Crippen LogP contribution in [0.4, 0.5) is 24.7 Å². The molecule has 1 N–H and O–H groups in total. The lowest BCUT2D eigenvalue weighted by Gasteiger charge is -2.17. The Morgan fingerprint density at radius 2 is 1.88 bits per heavy atom. The molecule has 0 spiro atoms. The van der Waals surface area contributed by atoms with Gasteiger partial charge in [0, 0.05) is 29.9 Å². The lowest BCUT2D eigenvalue weighted by Crippen LogP contribution is -2.27. The molecule has 2 heterocycles. The maximum atomic E-state index is 13.2. The molecular formula is C17H15ClF3N3O. The number of carbonyl (C=O) groups excluding carboxylic acids is 1. The predicted molar refractivity (Wildman–Crippen MR) is 89.1 cm³/mol. The Morgan fingerprint density at radius 3 is 2.56 bits per heavy atom. The van der Waals surface area contributed by atoms with E-state index in [0.717, 1.165) is 18.9 Å². The summed E-state index contributed by atoms with van der Waals surface area (Å²) >= 11 is 5.67. The van der Waals surface area contributed by atoms with E-state index < -0.39 is 11.7 Å². The number of pyridine rings is 1. The molecule has 0 saturated carbocycles. The van der Waals surface area contributed by atoms with E-state index in [0.29, 0.717) is 18.7 Å². The van der Waals surface area contributed by atoms with E-state index in [1.54, 1.807) is 11.0 Å². The summed E-state index contributed by atoms with van der Waals surface area (Å²) in [5, 5.41) is 2.62. The number of nitrogens with one attached hydrogen (secondary N) is 1. The Labute approximate surface area is 147 Å². The van der Waals surface area contributed by atoms with Crippen molar-refractivity contribution in [1.82, 2.24) is 9.88 Å². The monoisotopic (exact) mass is 369 g/mol. The van der Waals surface area contributed by atoms with Crippen molar-refractivity contribution in [1.29, 1.82) is 0 Å². The average Bonchev–Trinajstić information content (AvgIpc) is 3.09. The highest BCUT2D eigenvalue weighted by atomic mass is 35.5. The molecule has 1 aromatic carbocycles. The predicted octanol–water partition coefficient (Wildman–Crippen LogP) is 4.73. The largest absolute Gasteiger partial charge is 0.418 e. The normalized spacial score (nSPS) is 14.6. The molecule has 3 rings (SSSR count). The van der Waals surface area contributed by atoms with Crippen molar-refractivity contribution in [2.24, 2.45) is 0 Å². The van der Waals surface area contributed by atoms with Gasteiger partial charge in [0.25, 0.3) is 5.91 Å². The first kappa shape index (κ1) is 17.5. The zero-order chi connectivity index (χ0) is 18.0. The van der Waals surface area contributed by atoms with Crippen LogP contribution >= 0.6 is 11.6 Å². The summed E-state index contributed by atoms with van der Waals surface area (Å²) in [7, 11) is 0. The van der Waals surface area contributed by atoms with Crippen LogP contribution in [0, 0.1) is 0 Å². The summed E-state index contributed by atoms with van der Waals surface area (Å²) in [5.74, 6) is 0.0213. The van der Waals surface area contributed by atoms with E-state index in [2.05, 4.69) is 10.3 Å². The van der Waals surface area contributed by atoms with Crippen molar-refractivity contribution in [2.45, 2.75) is 19.0 Å². The molecule has 1 fully saturated rings. The van der Waals surface area contributed by atoms with Gasteiger partial charge in [-0.05, 0) is 43.2 Å². The van der Waals surface area contributed by atoms with Crippen LogP contribution in [0.2, 0.25) is 5.02 Å². The topological polar surface area (TPSA) is 45.2 Å².